The second kappa shape index (κ2) is 8.54. The molecule has 5 nitrogen and oxygen atoms in total. The normalized spacial score (nSPS) is 15.6. The zero-order chi connectivity index (χ0) is 20.3. The number of sulfonamides is 1. The Kier molecular flexibility index (Phi) is 6.31. The Labute approximate surface area is 165 Å². The highest BCUT2D eigenvalue weighted by Crippen LogP contribution is 2.23. The molecule has 0 spiro atoms. The number of nitrogens with zero attached hydrogens (tertiary/aromatic N) is 2. The Morgan fingerprint density at radius 2 is 1.54 bits per heavy atom. The van der Waals surface area contributed by atoms with Crippen molar-refractivity contribution in [1.82, 2.24) is 9.21 Å². The van der Waals surface area contributed by atoms with Gasteiger partial charge in [-0.3, -0.25) is 4.79 Å². The molecule has 0 radical (unpaired) electrons. The smallest absolute Gasteiger partial charge is 0.243 e. The van der Waals surface area contributed by atoms with Crippen molar-refractivity contribution in [2.45, 2.75) is 9.79 Å². The maximum absolute atomic E-state index is 13.6. The zero-order valence-corrected chi connectivity index (χ0v) is 16.3. The third-order valence-electron chi connectivity index (χ3n) is 4.29. The summed E-state index contributed by atoms with van der Waals surface area (Å²) in [5, 5.41) is 0. The Morgan fingerprint density at radius 1 is 0.929 bits per heavy atom. The molecular weight excluding hydrogens is 413 g/mol. The predicted molar refractivity (Wildman–Crippen MR) is 98.8 cm³/mol. The van der Waals surface area contributed by atoms with Crippen LogP contribution in [0.15, 0.2) is 52.3 Å². The minimum atomic E-state index is -3.75. The predicted octanol–water partition coefficient (Wildman–Crippen LogP) is 2.73. The van der Waals surface area contributed by atoms with Crippen molar-refractivity contribution in [2.75, 3.05) is 31.9 Å². The van der Waals surface area contributed by atoms with Crippen LogP contribution in [0.1, 0.15) is 0 Å². The van der Waals surface area contributed by atoms with E-state index in [9.17, 15) is 26.4 Å². The van der Waals surface area contributed by atoms with Gasteiger partial charge < -0.3 is 4.90 Å². The highest BCUT2D eigenvalue weighted by atomic mass is 32.2. The van der Waals surface area contributed by atoms with Crippen LogP contribution in [0.3, 0.4) is 0 Å². The molecule has 0 N–H and O–H groups in total. The number of amides is 1. The third kappa shape index (κ3) is 4.68. The van der Waals surface area contributed by atoms with E-state index < -0.39 is 27.5 Å². The number of benzene rings is 2. The Hall–Kier alpha value is -2.04. The van der Waals surface area contributed by atoms with Crippen LogP contribution < -0.4 is 0 Å². The number of rotatable bonds is 5. The van der Waals surface area contributed by atoms with Crippen molar-refractivity contribution in [3.63, 3.8) is 0 Å². The van der Waals surface area contributed by atoms with Crippen molar-refractivity contribution >= 4 is 27.7 Å². The van der Waals surface area contributed by atoms with Gasteiger partial charge >= 0.3 is 0 Å². The summed E-state index contributed by atoms with van der Waals surface area (Å²) in [5.74, 6) is -2.23. The summed E-state index contributed by atoms with van der Waals surface area (Å²) in [5.41, 5.74) is 0. The average molecular weight is 430 g/mol. The van der Waals surface area contributed by atoms with Gasteiger partial charge in [-0.15, -0.1) is 11.8 Å². The van der Waals surface area contributed by atoms with Crippen molar-refractivity contribution in [3.8, 4) is 0 Å². The van der Waals surface area contributed by atoms with E-state index in [0.717, 1.165) is 36.0 Å². The van der Waals surface area contributed by atoms with Gasteiger partial charge in [0.2, 0.25) is 15.9 Å². The first-order chi connectivity index (χ1) is 13.3. The highest BCUT2D eigenvalue weighted by molar-refractivity contribution is 8.00. The molecule has 150 valence electrons. The van der Waals surface area contributed by atoms with Crippen molar-refractivity contribution < 1.29 is 26.4 Å². The van der Waals surface area contributed by atoms with Crippen LogP contribution in [-0.4, -0.2) is 55.5 Å². The van der Waals surface area contributed by atoms with Gasteiger partial charge in [0.15, 0.2) is 0 Å². The molecule has 1 saturated heterocycles. The number of piperazine rings is 1. The van der Waals surface area contributed by atoms with E-state index in [1.54, 1.807) is 0 Å². The fraction of sp³-hybridized carbons (Fsp3) is 0.278. The van der Waals surface area contributed by atoms with Crippen LogP contribution in [0, 0.1) is 17.5 Å². The van der Waals surface area contributed by atoms with E-state index in [-0.39, 0.29) is 47.6 Å². The number of hydrogen-bond donors (Lipinski definition) is 0. The van der Waals surface area contributed by atoms with Gasteiger partial charge in [0.25, 0.3) is 0 Å². The summed E-state index contributed by atoms with van der Waals surface area (Å²) < 4.78 is 65.9. The zero-order valence-electron chi connectivity index (χ0n) is 14.6. The van der Waals surface area contributed by atoms with Crippen LogP contribution in [0.5, 0.6) is 0 Å². The van der Waals surface area contributed by atoms with Gasteiger partial charge in [-0.2, -0.15) is 4.31 Å². The van der Waals surface area contributed by atoms with E-state index in [4.69, 9.17) is 0 Å². The second-order valence-corrected chi connectivity index (χ2v) is 9.06. The molecule has 2 aromatic carbocycles. The van der Waals surface area contributed by atoms with E-state index in [1.165, 1.54) is 27.4 Å². The molecule has 0 atom stereocenters. The van der Waals surface area contributed by atoms with Gasteiger partial charge in [-0.05, 0) is 36.4 Å². The molecule has 0 aromatic heterocycles. The van der Waals surface area contributed by atoms with E-state index in [1.807, 2.05) is 0 Å². The third-order valence-corrected chi connectivity index (χ3v) is 7.23. The molecular formula is C18H17F3N2O3S2. The lowest BCUT2D eigenvalue weighted by atomic mass is 10.3. The van der Waals surface area contributed by atoms with E-state index >= 15 is 0 Å². The lowest BCUT2D eigenvalue weighted by molar-refractivity contribution is -0.129. The number of halogens is 3. The lowest BCUT2D eigenvalue weighted by Crippen LogP contribution is -2.50. The van der Waals surface area contributed by atoms with Gasteiger partial charge in [0, 0.05) is 37.1 Å². The number of hydrogen-bond acceptors (Lipinski definition) is 4. The molecule has 28 heavy (non-hydrogen) atoms. The van der Waals surface area contributed by atoms with Crippen molar-refractivity contribution in [2.24, 2.45) is 0 Å². The van der Waals surface area contributed by atoms with Crippen LogP contribution in [-0.2, 0) is 14.8 Å². The molecule has 1 aliphatic heterocycles. The Bertz CT molecular complexity index is 961. The molecule has 1 heterocycles. The maximum Gasteiger partial charge on any atom is 0.243 e. The van der Waals surface area contributed by atoms with Crippen LogP contribution in [0.2, 0.25) is 0 Å². The van der Waals surface area contributed by atoms with Gasteiger partial charge in [0.1, 0.15) is 17.5 Å². The van der Waals surface area contributed by atoms with Gasteiger partial charge in [0.05, 0.1) is 10.6 Å². The minimum Gasteiger partial charge on any atom is -0.339 e. The molecule has 1 fully saturated rings. The fourth-order valence-electron chi connectivity index (χ4n) is 2.76. The van der Waals surface area contributed by atoms with Gasteiger partial charge in [-0.1, -0.05) is 0 Å². The second-order valence-electron chi connectivity index (χ2n) is 6.10. The molecule has 0 unspecified atom stereocenters. The topological polar surface area (TPSA) is 57.7 Å². The summed E-state index contributed by atoms with van der Waals surface area (Å²) in [7, 11) is -3.75. The van der Waals surface area contributed by atoms with Crippen LogP contribution >= 0.6 is 11.8 Å². The standard InChI is InChI=1S/C18H17F3N2O3S2/c19-13-1-4-15(5-2-13)28(25,26)23-9-7-22(8-10-23)18(24)12-27-17-6-3-14(20)11-16(17)21/h1-6,11H,7-10,12H2. The first kappa shape index (κ1) is 20.7. The van der Waals surface area contributed by atoms with Crippen molar-refractivity contribution in [1.29, 1.82) is 0 Å². The SMILES string of the molecule is O=C(CSc1ccc(F)cc1F)N1CCN(S(=O)(=O)c2ccc(F)cc2)CC1. The number of carbonyl (C=O) groups excluding carboxylic acids is 1. The van der Waals surface area contributed by atoms with E-state index in [0.29, 0.717) is 0 Å². The van der Waals surface area contributed by atoms with Crippen molar-refractivity contribution in [3.05, 3.63) is 59.9 Å². The van der Waals surface area contributed by atoms with Crippen LogP contribution in [0.25, 0.3) is 0 Å². The van der Waals surface area contributed by atoms with E-state index in [2.05, 4.69) is 0 Å². The summed E-state index contributed by atoms with van der Waals surface area (Å²) in [6.45, 7) is 0.624. The molecule has 10 heteroatoms. The first-order valence-electron chi connectivity index (χ1n) is 8.39. The maximum atomic E-state index is 13.6. The summed E-state index contributed by atoms with van der Waals surface area (Å²) >= 11 is 0.962. The largest absolute Gasteiger partial charge is 0.339 e. The summed E-state index contributed by atoms with van der Waals surface area (Å²) in [4.78, 5) is 14.0. The number of carbonyl (C=O) groups is 1. The number of thioether (sulfide) groups is 1. The van der Waals surface area contributed by atoms with Crippen LogP contribution in [0.4, 0.5) is 13.2 Å². The molecule has 0 saturated carbocycles. The Morgan fingerprint density at radius 3 is 2.14 bits per heavy atom. The molecule has 1 amide bonds. The summed E-state index contributed by atoms with van der Waals surface area (Å²) in [6, 6.07) is 7.72. The lowest BCUT2D eigenvalue weighted by Gasteiger charge is -2.34. The Balaban J connectivity index is 1.55. The fourth-order valence-corrected chi connectivity index (χ4v) is 5.00. The molecule has 2 aromatic rings. The molecule has 3 rings (SSSR count). The highest BCUT2D eigenvalue weighted by Gasteiger charge is 2.30. The van der Waals surface area contributed by atoms with Gasteiger partial charge in [-0.25, -0.2) is 21.6 Å². The minimum absolute atomic E-state index is 0.00369. The molecule has 0 bridgehead atoms. The molecule has 1 aliphatic rings. The average Bonchev–Trinajstić information content (AvgIpc) is 2.67. The molecule has 0 aliphatic carbocycles. The first-order valence-corrected chi connectivity index (χ1v) is 10.8. The summed E-state index contributed by atoms with van der Waals surface area (Å²) in [6.07, 6.45) is 0. The quantitative estimate of drug-likeness (QED) is 0.685. The monoisotopic (exact) mass is 430 g/mol.